The molecule has 1 heterocycles. The highest BCUT2D eigenvalue weighted by Crippen LogP contribution is 2.25. The van der Waals surface area contributed by atoms with E-state index in [4.69, 9.17) is 0 Å². The average Bonchev–Trinajstić information content (AvgIpc) is 2.86. The molecule has 4 heteroatoms. The van der Waals surface area contributed by atoms with Crippen molar-refractivity contribution in [3.63, 3.8) is 0 Å². The van der Waals surface area contributed by atoms with E-state index in [2.05, 4.69) is 23.6 Å². The van der Waals surface area contributed by atoms with Crippen molar-refractivity contribution in [1.29, 1.82) is 0 Å². The molecule has 0 bridgehead atoms. The Bertz CT molecular complexity index is 314. The van der Waals surface area contributed by atoms with Gasteiger partial charge in [-0.25, -0.2) is 0 Å². The minimum absolute atomic E-state index is 0.179. The standard InChI is InChI=1S/C16H30N2O2/c1-13(2)18(14-7-4-3-5-8-14)16(20)11-17-10-6-9-15(17)12-19/h13-15,19H,3-12H2,1-2H3/t15-/m0/s1. The van der Waals surface area contributed by atoms with Crippen LogP contribution in [-0.2, 0) is 4.79 Å². The van der Waals surface area contributed by atoms with Gasteiger partial charge in [-0.15, -0.1) is 0 Å². The van der Waals surface area contributed by atoms with Crippen LogP contribution in [0.5, 0.6) is 0 Å². The van der Waals surface area contributed by atoms with E-state index in [-0.39, 0.29) is 24.6 Å². The van der Waals surface area contributed by atoms with Crippen LogP contribution in [0, 0.1) is 0 Å². The normalized spacial score (nSPS) is 25.3. The Kier molecular flexibility index (Phi) is 5.85. The molecular weight excluding hydrogens is 252 g/mol. The second kappa shape index (κ2) is 7.41. The Morgan fingerprint density at radius 1 is 1.20 bits per heavy atom. The van der Waals surface area contributed by atoms with E-state index in [0.29, 0.717) is 12.6 Å². The summed E-state index contributed by atoms with van der Waals surface area (Å²) in [4.78, 5) is 17.0. The lowest BCUT2D eigenvalue weighted by molar-refractivity contribution is -0.137. The van der Waals surface area contributed by atoms with Crippen LogP contribution in [0.3, 0.4) is 0 Å². The summed E-state index contributed by atoms with van der Waals surface area (Å²) < 4.78 is 0. The van der Waals surface area contributed by atoms with E-state index in [1.165, 1.54) is 19.3 Å². The van der Waals surface area contributed by atoms with Crippen molar-refractivity contribution in [3.8, 4) is 0 Å². The lowest BCUT2D eigenvalue weighted by Gasteiger charge is -2.38. The van der Waals surface area contributed by atoms with Crippen molar-refractivity contribution in [2.45, 2.75) is 76.9 Å². The minimum atomic E-state index is 0.179. The molecule has 4 nitrogen and oxygen atoms in total. The number of hydrogen-bond donors (Lipinski definition) is 1. The summed E-state index contributed by atoms with van der Waals surface area (Å²) in [5.41, 5.74) is 0. The molecule has 20 heavy (non-hydrogen) atoms. The van der Waals surface area contributed by atoms with Crippen LogP contribution in [0.25, 0.3) is 0 Å². The van der Waals surface area contributed by atoms with Crippen molar-refractivity contribution < 1.29 is 9.90 Å². The van der Waals surface area contributed by atoms with E-state index < -0.39 is 0 Å². The summed E-state index contributed by atoms with van der Waals surface area (Å²) in [6.45, 7) is 5.87. The van der Waals surface area contributed by atoms with Gasteiger partial charge in [-0.1, -0.05) is 19.3 Å². The highest BCUT2D eigenvalue weighted by atomic mass is 16.3. The molecule has 0 radical (unpaired) electrons. The number of aliphatic hydroxyl groups excluding tert-OH is 1. The molecule has 1 aliphatic carbocycles. The molecule has 2 fully saturated rings. The number of hydrogen-bond acceptors (Lipinski definition) is 3. The van der Waals surface area contributed by atoms with Crippen LogP contribution in [-0.4, -0.2) is 58.6 Å². The number of aliphatic hydroxyl groups is 1. The monoisotopic (exact) mass is 282 g/mol. The fraction of sp³-hybridized carbons (Fsp3) is 0.938. The van der Waals surface area contributed by atoms with Crippen molar-refractivity contribution >= 4 is 5.91 Å². The molecule has 1 N–H and O–H groups in total. The molecule has 0 spiro atoms. The average molecular weight is 282 g/mol. The second-order valence-electron chi connectivity index (χ2n) is 6.64. The van der Waals surface area contributed by atoms with Gasteiger partial charge in [0.15, 0.2) is 0 Å². The van der Waals surface area contributed by atoms with Gasteiger partial charge >= 0.3 is 0 Å². The van der Waals surface area contributed by atoms with Gasteiger partial charge in [0, 0.05) is 18.1 Å². The zero-order chi connectivity index (χ0) is 14.5. The van der Waals surface area contributed by atoms with Gasteiger partial charge in [0.25, 0.3) is 0 Å². The van der Waals surface area contributed by atoms with Crippen molar-refractivity contribution in [1.82, 2.24) is 9.80 Å². The molecular formula is C16H30N2O2. The van der Waals surface area contributed by atoms with Crippen LogP contribution in [0.15, 0.2) is 0 Å². The number of carbonyl (C=O) groups excluding carboxylic acids is 1. The third kappa shape index (κ3) is 3.73. The summed E-state index contributed by atoms with van der Waals surface area (Å²) in [5.74, 6) is 0.257. The van der Waals surface area contributed by atoms with Crippen LogP contribution in [0.2, 0.25) is 0 Å². The van der Waals surface area contributed by atoms with Gasteiger partial charge in [0.1, 0.15) is 0 Å². The first-order chi connectivity index (χ1) is 9.63. The number of likely N-dealkylation sites (tertiary alicyclic amines) is 1. The highest BCUT2D eigenvalue weighted by Gasteiger charge is 2.31. The first kappa shape index (κ1) is 15.8. The van der Waals surface area contributed by atoms with Crippen LogP contribution in [0.4, 0.5) is 0 Å². The first-order valence-electron chi connectivity index (χ1n) is 8.29. The Labute approximate surface area is 123 Å². The Balaban J connectivity index is 1.96. The van der Waals surface area contributed by atoms with E-state index in [1.54, 1.807) is 0 Å². The lowest BCUT2D eigenvalue weighted by Crippen LogP contribution is -2.50. The molecule has 1 saturated heterocycles. The maximum atomic E-state index is 12.7. The van der Waals surface area contributed by atoms with Gasteiger partial charge < -0.3 is 10.0 Å². The lowest BCUT2D eigenvalue weighted by atomic mass is 9.93. The summed E-state index contributed by atoms with van der Waals surface area (Å²) in [6, 6.07) is 0.909. The van der Waals surface area contributed by atoms with E-state index in [9.17, 15) is 9.90 Å². The smallest absolute Gasteiger partial charge is 0.237 e. The van der Waals surface area contributed by atoms with Crippen molar-refractivity contribution in [2.75, 3.05) is 19.7 Å². The molecule has 1 atom stereocenters. The maximum absolute atomic E-state index is 12.7. The molecule has 0 aromatic heterocycles. The molecule has 0 aromatic carbocycles. The van der Waals surface area contributed by atoms with Gasteiger partial charge in [-0.2, -0.15) is 0 Å². The zero-order valence-corrected chi connectivity index (χ0v) is 13.1. The molecule has 0 unspecified atom stereocenters. The second-order valence-corrected chi connectivity index (χ2v) is 6.64. The third-order valence-electron chi connectivity index (χ3n) is 4.86. The van der Waals surface area contributed by atoms with Gasteiger partial charge in [0.2, 0.25) is 5.91 Å². The summed E-state index contributed by atoms with van der Waals surface area (Å²) in [6.07, 6.45) is 8.27. The predicted molar refractivity (Wildman–Crippen MR) is 80.5 cm³/mol. The van der Waals surface area contributed by atoms with Crippen LogP contribution in [0.1, 0.15) is 58.8 Å². The molecule has 0 aromatic rings. The Morgan fingerprint density at radius 2 is 1.90 bits per heavy atom. The molecule has 116 valence electrons. The number of nitrogens with zero attached hydrogens (tertiary/aromatic N) is 2. The van der Waals surface area contributed by atoms with Crippen LogP contribution >= 0.6 is 0 Å². The molecule has 1 saturated carbocycles. The van der Waals surface area contributed by atoms with E-state index >= 15 is 0 Å². The minimum Gasteiger partial charge on any atom is -0.395 e. The third-order valence-corrected chi connectivity index (χ3v) is 4.86. The summed E-state index contributed by atoms with van der Waals surface area (Å²) >= 11 is 0. The van der Waals surface area contributed by atoms with E-state index in [0.717, 1.165) is 32.2 Å². The van der Waals surface area contributed by atoms with Gasteiger partial charge in [0.05, 0.1) is 13.2 Å². The fourth-order valence-electron chi connectivity index (χ4n) is 3.84. The molecule has 2 rings (SSSR count). The van der Waals surface area contributed by atoms with Crippen molar-refractivity contribution in [2.24, 2.45) is 0 Å². The topological polar surface area (TPSA) is 43.8 Å². The van der Waals surface area contributed by atoms with E-state index in [1.807, 2.05) is 0 Å². The van der Waals surface area contributed by atoms with Gasteiger partial charge in [-0.05, 0) is 46.1 Å². The predicted octanol–water partition coefficient (Wildman–Crippen LogP) is 2.01. The quantitative estimate of drug-likeness (QED) is 0.839. The SMILES string of the molecule is CC(C)N(C(=O)CN1CCC[C@H]1CO)C1CCCCC1. The number of amides is 1. The summed E-state index contributed by atoms with van der Waals surface area (Å²) in [7, 11) is 0. The largest absolute Gasteiger partial charge is 0.395 e. The molecule has 1 aliphatic heterocycles. The zero-order valence-electron chi connectivity index (χ0n) is 13.1. The Morgan fingerprint density at radius 3 is 2.50 bits per heavy atom. The molecule has 2 aliphatic rings. The fourth-order valence-corrected chi connectivity index (χ4v) is 3.84. The van der Waals surface area contributed by atoms with Crippen molar-refractivity contribution in [3.05, 3.63) is 0 Å². The number of carbonyl (C=O) groups is 1. The highest BCUT2D eigenvalue weighted by molar-refractivity contribution is 5.79. The maximum Gasteiger partial charge on any atom is 0.237 e. The summed E-state index contributed by atoms with van der Waals surface area (Å²) in [5, 5.41) is 9.38. The van der Waals surface area contributed by atoms with Crippen LogP contribution < -0.4 is 0 Å². The molecule has 1 amide bonds. The Hall–Kier alpha value is -0.610. The first-order valence-corrected chi connectivity index (χ1v) is 8.29. The number of rotatable bonds is 5. The van der Waals surface area contributed by atoms with Gasteiger partial charge in [-0.3, -0.25) is 9.69 Å².